The largest absolute Gasteiger partial charge is 0.390 e. The van der Waals surface area contributed by atoms with Gasteiger partial charge in [-0.25, -0.2) is 4.98 Å². The molecule has 0 radical (unpaired) electrons. The van der Waals surface area contributed by atoms with Crippen LogP contribution in [0.25, 0.3) is 0 Å². The number of aliphatic hydroxyl groups is 1. The van der Waals surface area contributed by atoms with Crippen LogP contribution in [-0.4, -0.2) is 43.4 Å². The maximum absolute atomic E-state index is 14.1. The van der Waals surface area contributed by atoms with Crippen molar-refractivity contribution < 1.29 is 23.9 Å². The Morgan fingerprint density at radius 2 is 1.80 bits per heavy atom. The van der Waals surface area contributed by atoms with Crippen LogP contribution in [0.4, 0.5) is 10.1 Å². The molecule has 35 heavy (non-hydrogen) atoms. The minimum atomic E-state index is -0.884. The number of carbonyl (C=O) groups is 3. The summed E-state index contributed by atoms with van der Waals surface area (Å²) in [5.74, 6) is -2.35. The number of aromatic nitrogens is 2. The number of halogens is 1. The van der Waals surface area contributed by atoms with E-state index in [1.54, 1.807) is 27.8 Å². The van der Waals surface area contributed by atoms with Gasteiger partial charge in [-0.15, -0.1) is 0 Å². The van der Waals surface area contributed by atoms with Crippen molar-refractivity contribution in [3.05, 3.63) is 46.3 Å². The molecule has 4 saturated carbocycles. The summed E-state index contributed by atoms with van der Waals surface area (Å²) in [6.45, 7) is 4.84. The van der Waals surface area contributed by atoms with E-state index in [2.05, 4.69) is 4.98 Å². The number of ketones is 1. The molecule has 9 heteroatoms. The molecule has 2 unspecified atom stereocenters. The average molecular weight is 483 g/mol. The summed E-state index contributed by atoms with van der Waals surface area (Å²) in [5.41, 5.74) is 5.67. The quantitative estimate of drug-likeness (QED) is 0.386. The van der Waals surface area contributed by atoms with E-state index in [1.807, 2.05) is 0 Å². The summed E-state index contributed by atoms with van der Waals surface area (Å²) in [6, 6.07) is 1.54. The molecular weight excluding hydrogens is 451 g/mol. The van der Waals surface area contributed by atoms with Gasteiger partial charge in [-0.2, -0.15) is 4.39 Å². The monoisotopic (exact) mass is 482 g/mol. The number of nitrogens with zero attached hydrogens (tertiary/aromatic N) is 3. The summed E-state index contributed by atoms with van der Waals surface area (Å²) in [5, 5.41) is 11.3. The summed E-state index contributed by atoms with van der Waals surface area (Å²) in [7, 11) is 1.62. The van der Waals surface area contributed by atoms with Crippen LogP contribution in [-0.2, 0) is 11.8 Å². The first-order valence-corrected chi connectivity index (χ1v) is 12.0. The molecule has 0 aliphatic heterocycles. The van der Waals surface area contributed by atoms with Gasteiger partial charge in [0.25, 0.3) is 11.7 Å². The predicted molar refractivity (Wildman–Crippen MR) is 127 cm³/mol. The maximum atomic E-state index is 14.1. The molecule has 8 nitrogen and oxygen atoms in total. The maximum Gasteiger partial charge on any atom is 0.301 e. The number of Topliss-reactive ketones (excluding diaryl/α,β-unsaturated/α-hetero) is 1. The highest BCUT2D eigenvalue weighted by molar-refractivity contribution is 6.47. The normalized spacial score (nSPS) is 28.9. The summed E-state index contributed by atoms with van der Waals surface area (Å²) >= 11 is 0. The Kier molecular flexibility index (Phi) is 5.22. The highest BCUT2D eigenvalue weighted by Gasteiger charge is 2.61. The number of pyridine rings is 1. The van der Waals surface area contributed by atoms with Crippen molar-refractivity contribution in [2.75, 3.05) is 4.90 Å². The second kappa shape index (κ2) is 7.71. The van der Waals surface area contributed by atoms with Gasteiger partial charge in [-0.1, -0.05) is 0 Å². The number of amides is 2. The van der Waals surface area contributed by atoms with Gasteiger partial charge in [0.15, 0.2) is 0 Å². The van der Waals surface area contributed by atoms with E-state index in [9.17, 15) is 23.9 Å². The molecule has 3 N–H and O–H groups in total. The molecule has 2 aromatic heterocycles. The van der Waals surface area contributed by atoms with E-state index < -0.39 is 34.7 Å². The molecule has 4 fully saturated rings. The van der Waals surface area contributed by atoms with E-state index in [4.69, 9.17) is 5.73 Å². The zero-order valence-corrected chi connectivity index (χ0v) is 20.5. The van der Waals surface area contributed by atoms with Crippen LogP contribution in [0.3, 0.4) is 0 Å². The minimum Gasteiger partial charge on any atom is -0.390 e. The lowest BCUT2D eigenvalue weighted by Crippen LogP contribution is -2.67. The standard InChI is InChI=1S/C26H31FN4O4/c1-13-5-18(11-29-22(13)27)31(25-7-16-6-17(8-25)10-26(35,9-16)12-25)24(34)21(32)20-14(2)19(23(28)33)15(3)30(20)4/h5,11,16-17,35H,6-10,12H2,1-4H3,(H2,28,33). The van der Waals surface area contributed by atoms with Crippen LogP contribution in [0.2, 0.25) is 0 Å². The fraction of sp³-hybridized carbons (Fsp3) is 0.538. The first-order valence-electron chi connectivity index (χ1n) is 12.0. The summed E-state index contributed by atoms with van der Waals surface area (Å²) < 4.78 is 15.6. The molecule has 0 aromatic carbocycles. The number of anilines is 1. The third-order valence-electron chi connectivity index (χ3n) is 8.52. The van der Waals surface area contributed by atoms with Crippen LogP contribution in [0, 0.1) is 38.6 Å². The van der Waals surface area contributed by atoms with E-state index in [1.165, 1.54) is 21.7 Å². The average Bonchev–Trinajstić information content (AvgIpc) is 2.96. The summed E-state index contributed by atoms with van der Waals surface area (Å²) in [4.78, 5) is 45.2. The topological polar surface area (TPSA) is 119 Å². The van der Waals surface area contributed by atoms with E-state index in [0.717, 1.165) is 6.42 Å². The van der Waals surface area contributed by atoms with Crippen molar-refractivity contribution in [1.82, 2.24) is 9.55 Å². The number of hydrogen-bond donors (Lipinski definition) is 2. The second-order valence-corrected chi connectivity index (χ2v) is 11.0. The lowest BCUT2D eigenvalue weighted by atomic mass is 9.50. The van der Waals surface area contributed by atoms with Crippen LogP contribution in [0.5, 0.6) is 0 Å². The van der Waals surface area contributed by atoms with Gasteiger partial charge in [0.05, 0.1) is 34.3 Å². The van der Waals surface area contributed by atoms with Gasteiger partial charge >= 0.3 is 5.91 Å². The molecule has 2 heterocycles. The number of primary amides is 1. The Morgan fingerprint density at radius 1 is 1.17 bits per heavy atom. The highest BCUT2D eigenvalue weighted by atomic mass is 19.1. The molecule has 4 aliphatic carbocycles. The highest BCUT2D eigenvalue weighted by Crippen LogP contribution is 2.60. The molecular formula is C26H31FN4O4. The lowest BCUT2D eigenvalue weighted by molar-refractivity contribution is -0.141. The van der Waals surface area contributed by atoms with Crippen molar-refractivity contribution in [2.45, 2.75) is 70.4 Å². The third-order valence-corrected chi connectivity index (χ3v) is 8.52. The van der Waals surface area contributed by atoms with Gasteiger partial charge in [0.1, 0.15) is 0 Å². The molecule has 2 atom stereocenters. The predicted octanol–water partition coefficient (Wildman–Crippen LogP) is 2.88. The molecule has 6 rings (SSSR count). The Balaban J connectivity index is 1.64. The Morgan fingerprint density at radius 3 is 2.31 bits per heavy atom. The van der Waals surface area contributed by atoms with E-state index >= 15 is 0 Å². The van der Waals surface area contributed by atoms with Crippen molar-refractivity contribution in [3.63, 3.8) is 0 Å². The van der Waals surface area contributed by atoms with Crippen molar-refractivity contribution >= 4 is 23.3 Å². The number of nitrogens with two attached hydrogens (primary N) is 1. The number of aryl methyl sites for hydroxylation is 1. The Hall–Kier alpha value is -3.07. The van der Waals surface area contributed by atoms with Crippen molar-refractivity contribution in [1.29, 1.82) is 0 Å². The first kappa shape index (κ1) is 23.7. The minimum absolute atomic E-state index is 0.0986. The Bertz CT molecular complexity index is 1270. The molecule has 2 amide bonds. The Labute approximate surface area is 203 Å². The zero-order valence-electron chi connectivity index (χ0n) is 20.5. The van der Waals surface area contributed by atoms with Gasteiger partial charge in [0, 0.05) is 18.3 Å². The van der Waals surface area contributed by atoms with Gasteiger partial charge in [0.2, 0.25) is 5.95 Å². The van der Waals surface area contributed by atoms with Gasteiger partial charge < -0.3 is 15.4 Å². The number of rotatable bonds is 5. The molecule has 0 saturated heterocycles. The van der Waals surface area contributed by atoms with Gasteiger partial charge in [-0.05, 0) is 82.8 Å². The van der Waals surface area contributed by atoms with Crippen LogP contribution >= 0.6 is 0 Å². The fourth-order valence-electron chi connectivity index (χ4n) is 7.57. The molecule has 186 valence electrons. The zero-order chi connectivity index (χ0) is 25.4. The van der Waals surface area contributed by atoms with Crippen LogP contribution in [0.15, 0.2) is 12.3 Å². The smallest absolute Gasteiger partial charge is 0.301 e. The lowest BCUT2D eigenvalue weighted by Gasteiger charge is -2.62. The third kappa shape index (κ3) is 3.51. The molecule has 2 aromatic rings. The number of hydrogen-bond acceptors (Lipinski definition) is 5. The molecule has 4 aliphatic rings. The van der Waals surface area contributed by atoms with Crippen LogP contribution in [0.1, 0.15) is 76.2 Å². The van der Waals surface area contributed by atoms with E-state index in [-0.39, 0.29) is 28.7 Å². The summed E-state index contributed by atoms with van der Waals surface area (Å²) in [6.07, 6.45) is 5.37. The van der Waals surface area contributed by atoms with Crippen molar-refractivity contribution in [2.24, 2.45) is 24.6 Å². The molecule has 0 spiro atoms. The second-order valence-electron chi connectivity index (χ2n) is 11.0. The SMILES string of the molecule is Cc1cc(N(C(=O)C(=O)c2c(C)c(C(N)=O)c(C)n2C)C23CC4CC(CC(O)(C4)C2)C3)cnc1F. The molecule has 4 bridgehead atoms. The number of carbonyl (C=O) groups excluding carboxylic acids is 3. The van der Waals surface area contributed by atoms with Crippen LogP contribution < -0.4 is 10.6 Å². The first-order chi connectivity index (χ1) is 16.4. The van der Waals surface area contributed by atoms with Gasteiger partial charge in [-0.3, -0.25) is 19.3 Å². The van der Waals surface area contributed by atoms with E-state index in [0.29, 0.717) is 49.0 Å². The fourth-order valence-corrected chi connectivity index (χ4v) is 7.57. The van der Waals surface area contributed by atoms with Crippen molar-refractivity contribution in [3.8, 4) is 0 Å².